The summed E-state index contributed by atoms with van der Waals surface area (Å²) in [6.45, 7) is 5.13. The van der Waals surface area contributed by atoms with Crippen molar-refractivity contribution >= 4 is 11.8 Å². The van der Waals surface area contributed by atoms with E-state index in [1.807, 2.05) is 11.8 Å². The highest BCUT2D eigenvalue weighted by Crippen LogP contribution is 2.39. The van der Waals surface area contributed by atoms with Crippen molar-refractivity contribution in [3.63, 3.8) is 0 Å². The predicted molar refractivity (Wildman–Crippen MR) is 80.2 cm³/mol. The van der Waals surface area contributed by atoms with Gasteiger partial charge in [-0.2, -0.15) is 11.8 Å². The molecule has 0 radical (unpaired) electrons. The molecule has 0 aromatic heterocycles. The van der Waals surface area contributed by atoms with Gasteiger partial charge in [-0.25, -0.2) is 0 Å². The highest BCUT2D eigenvalue weighted by Gasteiger charge is 2.41. The molecule has 2 heterocycles. The highest BCUT2D eigenvalue weighted by molar-refractivity contribution is 7.99. The molecule has 1 aromatic rings. The fourth-order valence-corrected chi connectivity index (χ4v) is 4.36. The molecule has 2 unspecified atom stereocenters. The molecule has 0 saturated carbocycles. The second-order valence-electron chi connectivity index (χ2n) is 5.76. The van der Waals surface area contributed by atoms with Crippen LogP contribution < -0.4 is 4.74 Å². The van der Waals surface area contributed by atoms with Crippen molar-refractivity contribution in [2.75, 3.05) is 18.1 Å². The third-order valence-electron chi connectivity index (χ3n) is 4.36. The minimum absolute atomic E-state index is 0.102. The van der Waals surface area contributed by atoms with E-state index in [0.717, 1.165) is 31.0 Å². The van der Waals surface area contributed by atoms with E-state index in [9.17, 15) is 0 Å². The Morgan fingerprint density at radius 2 is 2.26 bits per heavy atom. The van der Waals surface area contributed by atoms with Crippen molar-refractivity contribution in [2.45, 2.75) is 44.8 Å². The molecular weight excluding hydrogens is 256 g/mol. The minimum atomic E-state index is 0.102. The summed E-state index contributed by atoms with van der Waals surface area (Å²) in [5.74, 6) is 3.42. The van der Waals surface area contributed by atoms with Gasteiger partial charge in [0.15, 0.2) is 0 Å². The van der Waals surface area contributed by atoms with Gasteiger partial charge in [0.2, 0.25) is 0 Å². The van der Waals surface area contributed by atoms with Gasteiger partial charge in [-0.3, -0.25) is 0 Å². The molecule has 3 heteroatoms. The van der Waals surface area contributed by atoms with Gasteiger partial charge >= 0.3 is 0 Å². The molecule has 0 bridgehead atoms. The molecule has 2 aliphatic heterocycles. The van der Waals surface area contributed by atoms with E-state index in [1.54, 1.807) is 0 Å². The van der Waals surface area contributed by atoms with Gasteiger partial charge in [-0.05, 0) is 43.2 Å². The van der Waals surface area contributed by atoms with Crippen molar-refractivity contribution in [1.82, 2.24) is 0 Å². The number of thioether (sulfide) groups is 1. The van der Waals surface area contributed by atoms with Gasteiger partial charge in [-0.1, -0.05) is 12.1 Å². The quantitative estimate of drug-likeness (QED) is 0.821. The Kier molecular flexibility index (Phi) is 3.77. The predicted octanol–water partition coefficient (Wildman–Crippen LogP) is 3.74. The molecule has 2 atom stereocenters. The van der Waals surface area contributed by atoms with Crippen LogP contribution in [0.15, 0.2) is 18.2 Å². The Morgan fingerprint density at radius 3 is 3.05 bits per heavy atom. The van der Waals surface area contributed by atoms with Crippen LogP contribution in [-0.2, 0) is 4.74 Å². The summed E-state index contributed by atoms with van der Waals surface area (Å²) in [6, 6.07) is 6.31. The van der Waals surface area contributed by atoms with Gasteiger partial charge in [0.1, 0.15) is 11.9 Å². The number of hydrogen-bond acceptors (Lipinski definition) is 3. The smallest absolute Gasteiger partial charge is 0.122 e. The zero-order chi connectivity index (χ0) is 13.3. The van der Waals surface area contributed by atoms with Crippen LogP contribution in [0.3, 0.4) is 0 Å². The van der Waals surface area contributed by atoms with E-state index in [1.165, 1.54) is 23.3 Å². The molecule has 1 spiro atoms. The van der Waals surface area contributed by atoms with Gasteiger partial charge in [-0.15, -0.1) is 0 Å². The molecule has 2 aliphatic rings. The van der Waals surface area contributed by atoms with Crippen LogP contribution in [0.4, 0.5) is 0 Å². The maximum atomic E-state index is 6.26. The highest BCUT2D eigenvalue weighted by atomic mass is 32.2. The van der Waals surface area contributed by atoms with Crippen molar-refractivity contribution < 1.29 is 9.47 Å². The van der Waals surface area contributed by atoms with Crippen LogP contribution in [0.25, 0.3) is 0 Å². The maximum Gasteiger partial charge on any atom is 0.122 e. The van der Waals surface area contributed by atoms with Crippen LogP contribution in [0.2, 0.25) is 0 Å². The Hall–Kier alpha value is -0.670. The molecule has 0 amide bonds. The average molecular weight is 278 g/mol. The second kappa shape index (κ2) is 5.37. The molecule has 19 heavy (non-hydrogen) atoms. The summed E-state index contributed by atoms with van der Waals surface area (Å²) >= 11 is 2.01. The summed E-state index contributed by atoms with van der Waals surface area (Å²) in [6.07, 6.45) is 3.56. The molecule has 2 nitrogen and oxygen atoms in total. The first-order valence-corrected chi connectivity index (χ1v) is 8.29. The second-order valence-corrected chi connectivity index (χ2v) is 6.87. The molecule has 0 N–H and O–H groups in total. The Morgan fingerprint density at radius 1 is 1.37 bits per heavy atom. The van der Waals surface area contributed by atoms with E-state index in [2.05, 4.69) is 32.0 Å². The number of benzene rings is 1. The first-order chi connectivity index (χ1) is 9.19. The van der Waals surface area contributed by atoms with E-state index in [-0.39, 0.29) is 5.60 Å². The molecule has 104 valence electrons. The van der Waals surface area contributed by atoms with Crippen LogP contribution in [-0.4, -0.2) is 29.8 Å². The first kappa shape index (κ1) is 13.3. The van der Waals surface area contributed by atoms with Crippen molar-refractivity contribution in [3.8, 4) is 5.75 Å². The zero-order valence-electron chi connectivity index (χ0n) is 11.8. The van der Waals surface area contributed by atoms with Crippen LogP contribution in [0, 0.1) is 13.8 Å². The van der Waals surface area contributed by atoms with E-state index in [0.29, 0.717) is 6.10 Å². The largest absolute Gasteiger partial charge is 0.490 e. The van der Waals surface area contributed by atoms with Crippen LogP contribution in [0.1, 0.15) is 30.4 Å². The first-order valence-electron chi connectivity index (χ1n) is 7.13. The van der Waals surface area contributed by atoms with Gasteiger partial charge in [0.05, 0.1) is 12.2 Å². The minimum Gasteiger partial charge on any atom is -0.490 e. The summed E-state index contributed by atoms with van der Waals surface area (Å²) in [5.41, 5.74) is 2.67. The molecule has 1 aromatic carbocycles. The Bertz CT molecular complexity index is 452. The lowest BCUT2D eigenvalue weighted by atomic mass is 9.91. The maximum absolute atomic E-state index is 6.26. The molecule has 2 fully saturated rings. The number of ether oxygens (including phenoxy) is 2. The third kappa shape index (κ3) is 2.77. The van der Waals surface area contributed by atoms with E-state index in [4.69, 9.17) is 9.47 Å². The lowest BCUT2D eigenvalue weighted by Crippen LogP contribution is -2.43. The topological polar surface area (TPSA) is 18.5 Å². The standard InChI is InChI=1S/C16H22O2S/c1-12-4-3-5-15(13(12)2)18-14-6-8-17-16(10-14)7-9-19-11-16/h3-5,14H,6-11H2,1-2H3. The SMILES string of the molecule is Cc1cccc(OC2CCOC3(CCSC3)C2)c1C. The van der Waals surface area contributed by atoms with Crippen molar-refractivity contribution in [3.05, 3.63) is 29.3 Å². The lowest BCUT2D eigenvalue weighted by molar-refractivity contribution is -0.0960. The summed E-state index contributed by atoms with van der Waals surface area (Å²) in [7, 11) is 0. The number of hydrogen-bond donors (Lipinski definition) is 0. The lowest BCUT2D eigenvalue weighted by Gasteiger charge is -2.37. The molecular formula is C16H22O2S. The Balaban J connectivity index is 1.71. The molecule has 0 aliphatic carbocycles. The Labute approximate surface area is 119 Å². The fourth-order valence-electron chi connectivity index (χ4n) is 2.98. The van der Waals surface area contributed by atoms with Gasteiger partial charge < -0.3 is 9.47 Å². The molecule has 2 saturated heterocycles. The summed E-state index contributed by atoms with van der Waals surface area (Å²) in [4.78, 5) is 0. The van der Waals surface area contributed by atoms with Crippen LogP contribution in [0.5, 0.6) is 5.75 Å². The monoisotopic (exact) mass is 278 g/mol. The summed E-state index contributed by atoms with van der Waals surface area (Å²) < 4.78 is 12.3. The van der Waals surface area contributed by atoms with Crippen molar-refractivity contribution in [2.24, 2.45) is 0 Å². The van der Waals surface area contributed by atoms with Crippen molar-refractivity contribution in [1.29, 1.82) is 0 Å². The van der Waals surface area contributed by atoms with E-state index >= 15 is 0 Å². The molecule has 3 rings (SSSR count). The zero-order valence-corrected chi connectivity index (χ0v) is 12.6. The number of aryl methyl sites for hydroxylation is 1. The summed E-state index contributed by atoms with van der Waals surface area (Å²) in [5, 5.41) is 0. The van der Waals surface area contributed by atoms with Crippen LogP contribution >= 0.6 is 11.8 Å². The fraction of sp³-hybridized carbons (Fsp3) is 0.625. The third-order valence-corrected chi connectivity index (χ3v) is 5.59. The average Bonchev–Trinajstić information content (AvgIpc) is 2.83. The van der Waals surface area contributed by atoms with E-state index < -0.39 is 0 Å². The normalized spacial score (nSPS) is 30.7. The van der Waals surface area contributed by atoms with Gasteiger partial charge in [0.25, 0.3) is 0 Å². The number of rotatable bonds is 2. The van der Waals surface area contributed by atoms with Gasteiger partial charge in [0, 0.05) is 18.6 Å².